The molecule has 0 saturated heterocycles. The Bertz CT molecular complexity index is 361. The highest BCUT2D eigenvalue weighted by molar-refractivity contribution is 5.99. The molecule has 0 atom stereocenters. The molecule has 13 heavy (non-hydrogen) atoms. The van der Waals surface area contributed by atoms with Gasteiger partial charge < -0.3 is 11.5 Å². The van der Waals surface area contributed by atoms with Crippen molar-refractivity contribution >= 4 is 11.9 Å². The molecule has 1 heterocycles. The number of carbonyl (C=O) groups excluding carboxylic acids is 1. The first-order valence-corrected chi connectivity index (χ1v) is 3.52. The van der Waals surface area contributed by atoms with Crippen LogP contribution in [-0.2, 0) is 7.05 Å². The summed E-state index contributed by atoms with van der Waals surface area (Å²) in [6, 6.07) is 0. The van der Waals surface area contributed by atoms with Crippen molar-refractivity contribution in [2.45, 2.75) is 6.92 Å². The maximum absolute atomic E-state index is 11.2. The molecule has 0 aliphatic carbocycles. The fraction of sp³-hybridized carbons (Fsp3) is 0.333. The van der Waals surface area contributed by atoms with Crippen molar-refractivity contribution in [3.05, 3.63) is 11.6 Å². The fourth-order valence-electron chi connectivity index (χ4n) is 0.866. The van der Waals surface area contributed by atoms with Gasteiger partial charge in [-0.3, -0.25) is 4.79 Å². The maximum atomic E-state index is 11.2. The van der Waals surface area contributed by atoms with E-state index in [-0.39, 0.29) is 11.8 Å². The summed E-state index contributed by atoms with van der Waals surface area (Å²) in [7, 11) is 1.59. The molecule has 1 aromatic rings. The topological polar surface area (TPSA) is 112 Å². The van der Waals surface area contributed by atoms with Gasteiger partial charge in [0.05, 0.1) is 0 Å². The summed E-state index contributed by atoms with van der Waals surface area (Å²) in [5.41, 5.74) is 10.1. The zero-order valence-electron chi connectivity index (χ0n) is 7.35. The Morgan fingerprint density at radius 1 is 1.54 bits per heavy atom. The van der Waals surface area contributed by atoms with Crippen LogP contribution in [0.1, 0.15) is 16.4 Å². The second-order valence-electron chi connectivity index (χ2n) is 2.45. The lowest BCUT2D eigenvalue weighted by atomic mass is 10.5. The van der Waals surface area contributed by atoms with E-state index in [9.17, 15) is 4.79 Å². The molecule has 0 aromatic carbocycles. The molecule has 0 bridgehead atoms. The summed E-state index contributed by atoms with van der Waals surface area (Å²) in [6.45, 7) is 1.67. The summed E-state index contributed by atoms with van der Waals surface area (Å²) in [6.07, 6.45) is 0. The number of aromatic nitrogens is 3. The average molecular weight is 182 g/mol. The van der Waals surface area contributed by atoms with Gasteiger partial charge >= 0.3 is 5.91 Å². The van der Waals surface area contributed by atoms with Crippen molar-refractivity contribution in [3.63, 3.8) is 0 Å². The van der Waals surface area contributed by atoms with E-state index in [1.807, 2.05) is 0 Å². The number of hydrogen-bond acceptors (Lipinski definition) is 3. The number of aryl methyl sites for hydroxylation is 2. The molecule has 0 aliphatic rings. The van der Waals surface area contributed by atoms with Crippen LogP contribution in [0.25, 0.3) is 0 Å². The third kappa shape index (κ3) is 2.01. The zero-order chi connectivity index (χ0) is 10.0. The SMILES string of the molecule is Cc1nc(C(=O)N=C(N)N)n(C)n1. The van der Waals surface area contributed by atoms with E-state index in [0.29, 0.717) is 5.82 Å². The van der Waals surface area contributed by atoms with Gasteiger partial charge in [0.2, 0.25) is 5.82 Å². The highest BCUT2D eigenvalue weighted by atomic mass is 16.1. The van der Waals surface area contributed by atoms with Gasteiger partial charge in [-0.05, 0) is 6.92 Å². The summed E-state index contributed by atoms with van der Waals surface area (Å²) in [5, 5.41) is 3.87. The van der Waals surface area contributed by atoms with Crippen molar-refractivity contribution < 1.29 is 4.79 Å². The molecule has 0 radical (unpaired) electrons. The van der Waals surface area contributed by atoms with Crippen LogP contribution in [0.2, 0.25) is 0 Å². The molecule has 4 N–H and O–H groups in total. The van der Waals surface area contributed by atoms with E-state index in [0.717, 1.165) is 0 Å². The van der Waals surface area contributed by atoms with Crippen LogP contribution >= 0.6 is 0 Å². The number of guanidine groups is 1. The van der Waals surface area contributed by atoms with Crippen molar-refractivity contribution in [2.75, 3.05) is 0 Å². The summed E-state index contributed by atoms with van der Waals surface area (Å²) < 4.78 is 1.32. The largest absolute Gasteiger partial charge is 0.370 e. The standard InChI is InChI=1S/C6H10N6O/c1-3-9-4(12(2)11-3)5(13)10-6(7)8/h1-2H3,(H4,7,8,10,13). The van der Waals surface area contributed by atoms with Crippen LogP contribution in [0, 0.1) is 6.92 Å². The van der Waals surface area contributed by atoms with E-state index in [2.05, 4.69) is 15.1 Å². The lowest BCUT2D eigenvalue weighted by Gasteiger charge is -1.93. The maximum Gasteiger partial charge on any atom is 0.317 e. The smallest absolute Gasteiger partial charge is 0.317 e. The van der Waals surface area contributed by atoms with Crippen LogP contribution in [0.5, 0.6) is 0 Å². The predicted molar refractivity (Wildman–Crippen MR) is 45.9 cm³/mol. The molecule has 0 aliphatic heterocycles. The Labute approximate surface area is 74.5 Å². The van der Waals surface area contributed by atoms with E-state index >= 15 is 0 Å². The second-order valence-corrected chi connectivity index (χ2v) is 2.45. The van der Waals surface area contributed by atoms with Gasteiger partial charge in [0.25, 0.3) is 0 Å². The lowest BCUT2D eigenvalue weighted by molar-refractivity contribution is 0.0989. The Hall–Kier alpha value is -1.92. The molecule has 0 unspecified atom stereocenters. The normalized spacial score (nSPS) is 9.69. The molecule has 0 saturated carbocycles. The van der Waals surface area contributed by atoms with Gasteiger partial charge in [-0.1, -0.05) is 0 Å². The molecule has 1 amide bonds. The molecule has 1 rings (SSSR count). The number of rotatable bonds is 1. The molecular formula is C6H10N6O. The summed E-state index contributed by atoms with van der Waals surface area (Å²) in [5.74, 6) is -0.267. The summed E-state index contributed by atoms with van der Waals surface area (Å²) >= 11 is 0. The van der Waals surface area contributed by atoms with Gasteiger partial charge in [0, 0.05) is 7.05 Å². The zero-order valence-corrected chi connectivity index (χ0v) is 7.35. The van der Waals surface area contributed by atoms with Crippen LogP contribution in [0.4, 0.5) is 0 Å². The molecule has 70 valence electrons. The number of hydrogen-bond donors (Lipinski definition) is 2. The van der Waals surface area contributed by atoms with Gasteiger partial charge in [0.15, 0.2) is 5.96 Å². The van der Waals surface area contributed by atoms with Gasteiger partial charge in [-0.2, -0.15) is 10.1 Å². The highest BCUT2D eigenvalue weighted by Crippen LogP contribution is 1.97. The lowest BCUT2D eigenvalue weighted by Crippen LogP contribution is -2.24. The van der Waals surface area contributed by atoms with Crippen LogP contribution in [0.15, 0.2) is 4.99 Å². The van der Waals surface area contributed by atoms with Crippen molar-refractivity contribution in [2.24, 2.45) is 23.5 Å². The molecule has 7 nitrogen and oxygen atoms in total. The van der Waals surface area contributed by atoms with Crippen LogP contribution < -0.4 is 11.5 Å². The number of nitrogens with zero attached hydrogens (tertiary/aromatic N) is 4. The average Bonchev–Trinajstić information content (AvgIpc) is 2.28. The predicted octanol–water partition coefficient (Wildman–Crippen LogP) is -1.46. The number of nitrogens with two attached hydrogens (primary N) is 2. The first kappa shape index (κ1) is 9.17. The molecule has 0 spiro atoms. The fourth-order valence-corrected chi connectivity index (χ4v) is 0.866. The minimum Gasteiger partial charge on any atom is -0.370 e. The third-order valence-corrected chi connectivity index (χ3v) is 1.29. The summed E-state index contributed by atoms with van der Waals surface area (Å²) in [4.78, 5) is 18.4. The van der Waals surface area contributed by atoms with Crippen molar-refractivity contribution in [1.29, 1.82) is 0 Å². The quantitative estimate of drug-likeness (QED) is 0.407. The Kier molecular flexibility index (Phi) is 2.27. The molecular weight excluding hydrogens is 172 g/mol. The van der Waals surface area contributed by atoms with E-state index < -0.39 is 5.91 Å². The Morgan fingerprint density at radius 2 is 2.15 bits per heavy atom. The number of aliphatic imine (C=N–C) groups is 1. The van der Waals surface area contributed by atoms with Crippen LogP contribution in [-0.4, -0.2) is 26.6 Å². The van der Waals surface area contributed by atoms with E-state index in [1.54, 1.807) is 14.0 Å². The minimum atomic E-state index is -0.594. The molecule has 0 fully saturated rings. The van der Waals surface area contributed by atoms with E-state index in [4.69, 9.17) is 11.5 Å². The Morgan fingerprint density at radius 3 is 2.54 bits per heavy atom. The minimum absolute atomic E-state index is 0.117. The van der Waals surface area contributed by atoms with Crippen molar-refractivity contribution in [3.8, 4) is 0 Å². The van der Waals surface area contributed by atoms with Crippen molar-refractivity contribution in [1.82, 2.24) is 14.8 Å². The van der Waals surface area contributed by atoms with E-state index in [1.165, 1.54) is 4.68 Å². The number of amides is 1. The number of carbonyl (C=O) groups is 1. The molecule has 1 aromatic heterocycles. The van der Waals surface area contributed by atoms with Gasteiger partial charge in [-0.15, -0.1) is 0 Å². The second kappa shape index (κ2) is 3.21. The first-order valence-electron chi connectivity index (χ1n) is 3.52. The third-order valence-electron chi connectivity index (χ3n) is 1.29. The first-order chi connectivity index (χ1) is 6.00. The molecule has 7 heteroatoms. The van der Waals surface area contributed by atoms with Gasteiger partial charge in [-0.25, -0.2) is 9.67 Å². The highest BCUT2D eigenvalue weighted by Gasteiger charge is 2.12. The van der Waals surface area contributed by atoms with Gasteiger partial charge in [0.1, 0.15) is 5.82 Å². The Balaban J connectivity index is 3.02. The monoisotopic (exact) mass is 182 g/mol. The van der Waals surface area contributed by atoms with Crippen LogP contribution in [0.3, 0.4) is 0 Å².